The minimum Gasteiger partial charge on any atom is -0.353 e. The Morgan fingerprint density at radius 1 is 1.33 bits per heavy atom. The third-order valence-corrected chi connectivity index (χ3v) is 4.27. The minimum atomic E-state index is -0.0526. The van der Waals surface area contributed by atoms with E-state index in [1.165, 1.54) is 38.5 Å². The zero-order valence-electron chi connectivity index (χ0n) is 13.1. The summed E-state index contributed by atoms with van der Waals surface area (Å²) in [6.45, 7) is 3.58. The van der Waals surface area contributed by atoms with Gasteiger partial charge in [0.05, 0.1) is 0 Å². The van der Waals surface area contributed by atoms with Crippen molar-refractivity contribution in [1.29, 1.82) is 0 Å². The van der Waals surface area contributed by atoms with Crippen molar-refractivity contribution in [3.8, 4) is 0 Å². The van der Waals surface area contributed by atoms with E-state index in [1.54, 1.807) is 6.07 Å². The number of nitrogens with zero attached hydrogens (tertiary/aromatic N) is 2. The maximum atomic E-state index is 11.9. The summed E-state index contributed by atoms with van der Waals surface area (Å²) >= 11 is 0. The Hall–Kier alpha value is -1.36. The van der Waals surface area contributed by atoms with E-state index in [2.05, 4.69) is 14.9 Å². The maximum Gasteiger partial charge on any atom is 0.252 e. The standard InChI is InChI=1S/C16H28N4O/c1-2-14-18-15(12-16(21)19-14)20(11-7-10-17)13-8-5-3-4-6-9-13/h12-13H,2-11,17H2,1H3,(H,18,19,21). The fourth-order valence-corrected chi connectivity index (χ4v) is 3.12. The van der Waals surface area contributed by atoms with Crippen molar-refractivity contribution in [3.63, 3.8) is 0 Å². The van der Waals surface area contributed by atoms with E-state index in [1.807, 2.05) is 6.92 Å². The molecule has 1 fully saturated rings. The molecule has 0 amide bonds. The van der Waals surface area contributed by atoms with Gasteiger partial charge in [-0.15, -0.1) is 0 Å². The number of aryl methyl sites for hydroxylation is 1. The largest absolute Gasteiger partial charge is 0.353 e. The third kappa shape index (κ3) is 4.56. The molecule has 0 bridgehead atoms. The molecule has 0 spiro atoms. The molecule has 1 aromatic heterocycles. The molecule has 118 valence electrons. The Morgan fingerprint density at radius 2 is 2.05 bits per heavy atom. The van der Waals surface area contributed by atoms with Gasteiger partial charge < -0.3 is 15.6 Å². The number of hydrogen-bond donors (Lipinski definition) is 2. The molecule has 1 heterocycles. The first kappa shape index (κ1) is 16.0. The van der Waals surface area contributed by atoms with Crippen LogP contribution in [0.5, 0.6) is 0 Å². The fraction of sp³-hybridized carbons (Fsp3) is 0.750. The van der Waals surface area contributed by atoms with Crippen LogP contribution in [0, 0.1) is 0 Å². The number of aromatic amines is 1. The van der Waals surface area contributed by atoms with Crippen molar-refractivity contribution in [1.82, 2.24) is 9.97 Å². The average Bonchev–Trinajstić information content (AvgIpc) is 2.76. The molecule has 0 unspecified atom stereocenters. The Morgan fingerprint density at radius 3 is 2.67 bits per heavy atom. The number of hydrogen-bond acceptors (Lipinski definition) is 4. The molecule has 1 aliphatic carbocycles. The van der Waals surface area contributed by atoms with Gasteiger partial charge in [-0.25, -0.2) is 4.98 Å². The van der Waals surface area contributed by atoms with Crippen LogP contribution in [-0.2, 0) is 6.42 Å². The molecule has 0 saturated heterocycles. The highest BCUT2D eigenvalue weighted by Crippen LogP contribution is 2.25. The first-order chi connectivity index (χ1) is 10.2. The van der Waals surface area contributed by atoms with Gasteiger partial charge in [0.2, 0.25) is 0 Å². The maximum absolute atomic E-state index is 11.9. The van der Waals surface area contributed by atoms with Gasteiger partial charge in [0.15, 0.2) is 0 Å². The number of aromatic nitrogens is 2. The SMILES string of the molecule is CCc1nc(N(CCCN)C2CCCCCC2)cc(=O)[nH]1. The molecule has 3 N–H and O–H groups in total. The molecule has 0 atom stereocenters. The Kier molecular flexibility index (Phi) is 6.23. The Labute approximate surface area is 127 Å². The lowest BCUT2D eigenvalue weighted by Gasteiger charge is -2.32. The minimum absolute atomic E-state index is 0.0526. The zero-order chi connectivity index (χ0) is 15.1. The monoisotopic (exact) mass is 292 g/mol. The molecule has 5 heteroatoms. The fourth-order valence-electron chi connectivity index (χ4n) is 3.12. The van der Waals surface area contributed by atoms with Crippen molar-refractivity contribution in [2.24, 2.45) is 5.73 Å². The molecule has 1 saturated carbocycles. The highest BCUT2D eigenvalue weighted by atomic mass is 16.1. The van der Waals surface area contributed by atoms with Gasteiger partial charge in [0.1, 0.15) is 11.6 Å². The normalized spacial score (nSPS) is 16.7. The second kappa shape index (κ2) is 8.17. The second-order valence-electron chi connectivity index (χ2n) is 5.88. The van der Waals surface area contributed by atoms with Crippen molar-refractivity contribution in [2.75, 3.05) is 18.0 Å². The van der Waals surface area contributed by atoms with Gasteiger partial charge in [0, 0.05) is 25.1 Å². The Balaban J connectivity index is 2.25. The van der Waals surface area contributed by atoms with Gasteiger partial charge in [-0.1, -0.05) is 32.6 Å². The van der Waals surface area contributed by atoms with Crippen LogP contribution in [-0.4, -0.2) is 29.1 Å². The summed E-state index contributed by atoms with van der Waals surface area (Å²) in [5.74, 6) is 1.60. The van der Waals surface area contributed by atoms with E-state index in [-0.39, 0.29) is 5.56 Å². The van der Waals surface area contributed by atoms with Crippen LogP contribution in [0.4, 0.5) is 5.82 Å². The molecule has 1 aliphatic rings. The number of anilines is 1. The van der Waals surface area contributed by atoms with Crippen LogP contribution >= 0.6 is 0 Å². The second-order valence-corrected chi connectivity index (χ2v) is 5.88. The summed E-state index contributed by atoms with van der Waals surface area (Å²) < 4.78 is 0. The van der Waals surface area contributed by atoms with E-state index < -0.39 is 0 Å². The van der Waals surface area contributed by atoms with Crippen LogP contribution < -0.4 is 16.2 Å². The summed E-state index contributed by atoms with van der Waals surface area (Å²) in [4.78, 5) is 21.6. The summed E-state index contributed by atoms with van der Waals surface area (Å²) in [6, 6.07) is 2.14. The first-order valence-corrected chi connectivity index (χ1v) is 8.31. The summed E-state index contributed by atoms with van der Waals surface area (Å²) in [7, 11) is 0. The van der Waals surface area contributed by atoms with Gasteiger partial charge in [-0.3, -0.25) is 4.79 Å². The highest BCUT2D eigenvalue weighted by Gasteiger charge is 2.21. The number of rotatable bonds is 6. The first-order valence-electron chi connectivity index (χ1n) is 8.31. The van der Waals surface area contributed by atoms with Gasteiger partial charge in [-0.2, -0.15) is 0 Å². The predicted octanol–water partition coefficient (Wildman–Crippen LogP) is 2.21. The third-order valence-electron chi connectivity index (χ3n) is 4.27. The lowest BCUT2D eigenvalue weighted by molar-refractivity contribution is 0.513. The summed E-state index contributed by atoms with van der Waals surface area (Å²) in [5, 5.41) is 0. The van der Waals surface area contributed by atoms with Crippen molar-refractivity contribution >= 4 is 5.82 Å². The summed E-state index contributed by atoms with van der Waals surface area (Å²) in [5.41, 5.74) is 5.63. The number of nitrogens with one attached hydrogen (secondary N) is 1. The van der Waals surface area contributed by atoms with Crippen LogP contribution in [0.1, 0.15) is 57.7 Å². The molecule has 21 heavy (non-hydrogen) atoms. The molecule has 2 rings (SSSR count). The Bertz CT molecular complexity index is 477. The molecule has 0 radical (unpaired) electrons. The number of H-pyrrole nitrogens is 1. The molecule has 1 aromatic rings. The smallest absolute Gasteiger partial charge is 0.252 e. The van der Waals surface area contributed by atoms with E-state index in [9.17, 15) is 4.79 Å². The molecule has 0 aliphatic heterocycles. The van der Waals surface area contributed by atoms with Crippen LogP contribution in [0.25, 0.3) is 0 Å². The van der Waals surface area contributed by atoms with Crippen LogP contribution in [0.15, 0.2) is 10.9 Å². The lowest BCUT2D eigenvalue weighted by atomic mass is 10.1. The highest BCUT2D eigenvalue weighted by molar-refractivity contribution is 5.39. The molecular weight excluding hydrogens is 264 g/mol. The van der Waals surface area contributed by atoms with Crippen molar-refractivity contribution in [3.05, 3.63) is 22.2 Å². The molecule has 5 nitrogen and oxygen atoms in total. The van der Waals surface area contributed by atoms with Crippen LogP contribution in [0.3, 0.4) is 0 Å². The van der Waals surface area contributed by atoms with Crippen molar-refractivity contribution in [2.45, 2.75) is 64.3 Å². The van der Waals surface area contributed by atoms with Crippen molar-refractivity contribution < 1.29 is 0 Å². The average molecular weight is 292 g/mol. The zero-order valence-corrected chi connectivity index (χ0v) is 13.1. The number of nitrogens with two attached hydrogens (primary N) is 1. The lowest BCUT2D eigenvalue weighted by Crippen LogP contribution is -2.38. The van der Waals surface area contributed by atoms with E-state index >= 15 is 0 Å². The van der Waals surface area contributed by atoms with Crippen LogP contribution in [0.2, 0.25) is 0 Å². The van der Waals surface area contributed by atoms with Gasteiger partial charge in [-0.05, 0) is 25.8 Å². The quantitative estimate of drug-likeness (QED) is 0.788. The molecular formula is C16H28N4O. The predicted molar refractivity (Wildman–Crippen MR) is 86.7 cm³/mol. The van der Waals surface area contributed by atoms with E-state index in [0.29, 0.717) is 12.6 Å². The van der Waals surface area contributed by atoms with Gasteiger partial charge >= 0.3 is 0 Å². The van der Waals surface area contributed by atoms with E-state index in [0.717, 1.165) is 31.0 Å². The topological polar surface area (TPSA) is 75.0 Å². The molecule has 0 aromatic carbocycles. The van der Waals surface area contributed by atoms with Gasteiger partial charge in [0.25, 0.3) is 5.56 Å². The summed E-state index contributed by atoms with van der Waals surface area (Å²) in [6.07, 6.45) is 9.27. The van der Waals surface area contributed by atoms with E-state index in [4.69, 9.17) is 5.73 Å².